The van der Waals surface area contributed by atoms with Gasteiger partial charge in [-0.05, 0) is 39.2 Å². The van der Waals surface area contributed by atoms with E-state index in [0.717, 1.165) is 12.0 Å². The zero-order chi connectivity index (χ0) is 22.4. The van der Waals surface area contributed by atoms with Crippen LogP contribution in [0.15, 0.2) is 43.0 Å². The topological polar surface area (TPSA) is 84.9 Å². The summed E-state index contributed by atoms with van der Waals surface area (Å²) >= 11 is 0. The first kappa shape index (κ1) is 23.6. The first-order chi connectivity index (χ1) is 14.1. The van der Waals surface area contributed by atoms with Crippen molar-refractivity contribution in [3.63, 3.8) is 0 Å². The average molecular weight is 417 g/mol. The number of benzene rings is 1. The number of rotatable bonds is 10. The molecule has 30 heavy (non-hydrogen) atoms. The zero-order valence-electron chi connectivity index (χ0n) is 18.3. The molecular weight excluding hydrogens is 384 g/mol. The molecule has 2 amide bonds. The van der Waals surface area contributed by atoms with E-state index in [2.05, 4.69) is 11.9 Å². The van der Waals surface area contributed by atoms with Crippen LogP contribution in [0.25, 0.3) is 0 Å². The molecule has 2 rings (SSSR count). The van der Waals surface area contributed by atoms with Crippen LogP contribution in [-0.4, -0.2) is 60.1 Å². The lowest BCUT2D eigenvalue weighted by atomic mass is 10.1. The Balaban J connectivity index is 1.98. The zero-order valence-corrected chi connectivity index (χ0v) is 18.3. The Hall–Kier alpha value is -2.67. The molecule has 1 aliphatic carbocycles. The van der Waals surface area contributed by atoms with Crippen LogP contribution in [0.3, 0.4) is 0 Å². The molecule has 0 spiro atoms. The molecule has 1 aromatic rings. The maximum absolute atomic E-state index is 12.8. The second kappa shape index (κ2) is 9.89. The van der Waals surface area contributed by atoms with E-state index in [1.165, 1.54) is 7.11 Å². The summed E-state index contributed by atoms with van der Waals surface area (Å²) in [5.41, 5.74) is -0.773. The van der Waals surface area contributed by atoms with Crippen molar-refractivity contribution in [2.24, 2.45) is 0 Å². The van der Waals surface area contributed by atoms with Crippen molar-refractivity contribution in [3.8, 4) is 0 Å². The van der Waals surface area contributed by atoms with E-state index in [0.29, 0.717) is 13.1 Å². The Labute approximate surface area is 178 Å². The molecule has 0 heterocycles. The summed E-state index contributed by atoms with van der Waals surface area (Å²) in [4.78, 5) is 39.1. The van der Waals surface area contributed by atoms with Gasteiger partial charge in [-0.1, -0.05) is 36.4 Å². The lowest BCUT2D eigenvalue weighted by molar-refractivity contribution is -0.131. The van der Waals surface area contributed by atoms with Crippen LogP contribution in [0.1, 0.15) is 39.2 Å². The van der Waals surface area contributed by atoms with Crippen LogP contribution in [0.4, 0.5) is 4.79 Å². The highest BCUT2D eigenvalue weighted by molar-refractivity contribution is 6.13. The van der Waals surface area contributed by atoms with E-state index >= 15 is 0 Å². The van der Waals surface area contributed by atoms with Crippen LogP contribution in [-0.2, 0) is 25.5 Å². The van der Waals surface area contributed by atoms with Gasteiger partial charge in [-0.2, -0.15) is 0 Å². The quantitative estimate of drug-likeness (QED) is 0.593. The van der Waals surface area contributed by atoms with Gasteiger partial charge in [0.05, 0.1) is 0 Å². The van der Waals surface area contributed by atoms with E-state index in [1.54, 1.807) is 31.7 Å². The molecule has 0 bridgehead atoms. The van der Waals surface area contributed by atoms with Gasteiger partial charge < -0.3 is 19.7 Å². The maximum Gasteiger partial charge on any atom is 0.408 e. The molecular formula is C23H32N2O5. The summed E-state index contributed by atoms with van der Waals surface area (Å²) in [6, 6.07) is 9.91. The van der Waals surface area contributed by atoms with Gasteiger partial charge in [-0.15, -0.1) is 6.58 Å². The van der Waals surface area contributed by atoms with Crippen molar-refractivity contribution in [2.45, 2.75) is 57.3 Å². The summed E-state index contributed by atoms with van der Waals surface area (Å²) in [7, 11) is 1.41. The molecule has 1 aromatic carbocycles. The van der Waals surface area contributed by atoms with Gasteiger partial charge in [0.15, 0.2) is 5.78 Å². The van der Waals surface area contributed by atoms with Crippen molar-refractivity contribution < 1.29 is 23.9 Å². The molecule has 7 heteroatoms. The first-order valence-corrected chi connectivity index (χ1v) is 10.1. The van der Waals surface area contributed by atoms with Crippen LogP contribution in [0.5, 0.6) is 0 Å². The number of alkyl carbamates (subject to hydrolysis) is 1. The highest BCUT2D eigenvalue weighted by Gasteiger charge is 2.67. The minimum Gasteiger partial charge on any atom is -0.444 e. The summed E-state index contributed by atoms with van der Waals surface area (Å²) in [6.45, 7) is 9.91. The van der Waals surface area contributed by atoms with E-state index in [4.69, 9.17) is 9.47 Å². The molecule has 1 aliphatic rings. The predicted octanol–water partition coefficient (Wildman–Crippen LogP) is 2.89. The maximum atomic E-state index is 12.8. The van der Waals surface area contributed by atoms with Gasteiger partial charge in [0, 0.05) is 26.6 Å². The van der Waals surface area contributed by atoms with Gasteiger partial charge in [0.1, 0.15) is 17.2 Å². The highest BCUT2D eigenvalue weighted by Crippen LogP contribution is 2.38. The van der Waals surface area contributed by atoms with Gasteiger partial charge in [0.2, 0.25) is 5.91 Å². The fourth-order valence-electron chi connectivity index (χ4n) is 3.40. The normalized spacial score (nSPS) is 20.4. The minimum absolute atomic E-state index is 0.101. The number of Topliss-reactive ketones (excluding diaryl/α,β-unsaturated/α-hetero) is 1. The molecule has 0 aromatic heterocycles. The number of hydrogen-bond donors (Lipinski definition) is 1. The third-order valence-corrected chi connectivity index (χ3v) is 4.95. The molecule has 7 nitrogen and oxygen atoms in total. The van der Waals surface area contributed by atoms with Crippen molar-refractivity contribution in [2.75, 3.05) is 20.2 Å². The molecule has 0 saturated heterocycles. The number of ether oxygens (including phenoxy) is 2. The Kier molecular flexibility index (Phi) is 7.78. The Morgan fingerprint density at radius 3 is 2.47 bits per heavy atom. The van der Waals surface area contributed by atoms with E-state index in [9.17, 15) is 14.4 Å². The molecule has 1 saturated carbocycles. The molecule has 1 fully saturated rings. The SMILES string of the molecule is C=CCN(CCc1ccccc1)C(=O)CCC1(NC(=O)OC(C)(C)C)C(=O)C1OC. The second-order valence-corrected chi connectivity index (χ2v) is 8.44. The second-order valence-electron chi connectivity index (χ2n) is 8.44. The molecule has 0 radical (unpaired) electrons. The van der Waals surface area contributed by atoms with Crippen molar-refractivity contribution in [1.29, 1.82) is 0 Å². The van der Waals surface area contributed by atoms with Crippen molar-refractivity contribution >= 4 is 17.8 Å². The number of carbonyl (C=O) groups is 3. The fraction of sp³-hybridized carbons (Fsp3) is 0.522. The smallest absolute Gasteiger partial charge is 0.408 e. The van der Waals surface area contributed by atoms with Crippen LogP contribution < -0.4 is 5.32 Å². The summed E-state index contributed by atoms with van der Waals surface area (Å²) in [5, 5.41) is 2.63. The molecule has 0 aliphatic heterocycles. The highest BCUT2D eigenvalue weighted by atomic mass is 16.6. The Morgan fingerprint density at radius 2 is 1.93 bits per heavy atom. The van der Waals surface area contributed by atoms with E-state index in [-0.39, 0.29) is 24.5 Å². The van der Waals surface area contributed by atoms with Crippen molar-refractivity contribution in [3.05, 3.63) is 48.6 Å². The number of nitrogens with one attached hydrogen (secondary N) is 1. The summed E-state index contributed by atoms with van der Waals surface area (Å²) in [5.74, 6) is -0.353. The third-order valence-electron chi connectivity index (χ3n) is 4.95. The number of methoxy groups -OCH3 is 1. The van der Waals surface area contributed by atoms with Crippen LogP contribution in [0.2, 0.25) is 0 Å². The van der Waals surface area contributed by atoms with E-state index < -0.39 is 23.3 Å². The van der Waals surface area contributed by atoms with Crippen LogP contribution >= 0.6 is 0 Å². The van der Waals surface area contributed by atoms with Gasteiger partial charge in [-0.25, -0.2) is 4.79 Å². The third kappa shape index (κ3) is 6.16. The molecule has 2 atom stereocenters. The van der Waals surface area contributed by atoms with Gasteiger partial charge in [-0.3, -0.25) is 9.59 Å². The first-order valence-electron chi connectivity index (χ1n) is 10.1. The van der Waals surface area contributed by atoms with Crippen molar-refractivity contribution in [1.82, 2.24) is 10.2 Å². The minimum atomic E-state index is -1.22. The predicted molar refractivity (Wildman–Crippen MR) is 114 cm³/mol. The molecule has 164 valence electrons. The number of carbonyl (C=O) groups excluding carboxylic acids is 3. The lowest BCUT2D eigenvalue weighted by Crippen LogP contribution is -2.45. The van der Waals surface area contributed by atoms with Crippen LogP contribution in [0, 0.1) is 0 Å². The molecule has 2 unspecified atom stereocenters. The van der Waals surface area contributed by atoms with Gasteiger partial charge >= 0.3 is 6.09 Å². The largest absolute Gasteiger partial charge is 0.444 e. The number of ketones is 1. The summed E-state index contributed by atoms with van der Waals surface area (Å²) in [6.07, 6.45) is 1.19. The molecule has 1 N–H and O–H groups in total. The van der Waals surface area contributed by atoms with E-state index in [1.807, 2.05) is 30.3 Å². The number of hydrogen-bond acceptors (Lipinski definition) is 5. The number of amides is 2. The fourth-order valence-corrected chi connectivity index (χ4v) is 3.40. The summed E-state index contributed by atoms with van der Waals surface area (Å²) < 4.78 is 10.5. The Morgan fingerprint density at radius 1 is 1.27 bits per heavy atom. The Bertz CT molecular complexity index is 772. The average Bonchev–Trinajstić information content (AvgIpc) is 3.24. The standard InChI is InChI=1S/C23H32N2O5/c1-6-15-25(16-13-17-10-8-7-9-11-17)18(26)12-14-23(19(27)20(23)29-5)24-21(28)30-22(2,3)4/h6-11,20H,1,12-16H2,2-5H3,(H,24,28). The number of nitrogens with zero attached hydrogens (tertiary/aromatic N) is 1. The monoisotopic (exact) mass is 416 g/mol. The van der Waals surface area contributed by atoms with Gasteiger partial charge in [0.25, 0.3) is 0 Å². The lowest BCUT2D eigenvalue weighted by Gasteiger charge is -2.24.